The van der Waals surface area contributed by atoms with Crippen LogP contribution in [0.1, 0.15) is 35.3 Å². The Bertz CT molecular complexity index is 676. The molecule has 2 aromatic rings. The first-order valence-corrected chi connectivity index (χ1v) is 9.64. The Morgan fingerprint density at radius 2 is 2.24 bits per heavy atom. The molecule has 6 nitrogen and oxygen atoms in total. The van der Waals surface area contributed by atoms with Crippen LogP contribution in [0.5, 0.6) is 0 Å². The second-order valence-corrected chi connectivity index (χ2v) is 7.94. The van der Waals surface area contributed by atoms with Crippen molar-refractivity contribution in [1.82, 2.24) is 24.9 Å². The molecule has 0 bridgehead atoms. The highest BCUT2D eigenvalue weighted by molar-refractivity contribution is 7.09. The smallest absolute Gasteiger partial charge is 0.226 e. The van der Waals surface area contributed by atoms with E-state index in [1.54, 1.807) is 11.3 Å². The van der Waals surface area contributed by atoms with E-state index < -0.39 is 6.17 Å². The molecule has 0 unspecified atom stereocenters. The molecule has 138 valence electrons. The van der Waals surface area contributed by atoms with Gasteiger partial charge in [0, 0.05) is 37.5 Å². The molecule has 3 rings (SSSR count). The van der Waals surface area contributed by atoms with Crippen LogP contribution in [0.25, 0.3) is 0 Å². The van der Waals surface area contributed by atoms with Gasteiger partial charge < -0.3 is 9.42 Å². The van der Waals surface area contributed by atoms with E-state index in [4.69, 9.17) is 4.52 Å². The highest BCUT2D eigenvalue weighted by atomic mass is 32.1. The van der Waals surface area contributed by atoms with Crippen molar-refractivity contribution in [3.05, 3.63) is 27.8 Å². The lowest BCUT2D eigenvalue weighted by Gasteiger charge is -2.27. The van der Waals surface area contributed by atoms with Crippen molar-refractivity contribution >= 4 is 11.3 Å². The Hall–Kier alpha value is -1.38. The van der Waals surface area contributed by atoms with Crippen molar-refractivity contribution in [3.8, 4) is 0 Å². The maximum absolute atomic E-state index is 14.0. The van der Waals surface area contributed by atoms with Crippen LogP contribution in [-0.2, 0) is 13.0 Å². The van der Waals surface area contributed by atoms with E-state index in [2.05, 4.69) is 37.4 Å². The predicted molar refractivity (Wildman–Crippen MR) is 95.4 cm³/mol. The minimum Gasteiger partial charge on any atom is -0.339 e. The van der Waals surface area contributed by atoms with Crippen molar-refractivity contribution in [3.63, 3.8) is 0 Å². The number of likely N-dealkylation sites (N-methyl/N-ethyl adjacent to an activating group) is 1. The van der Waals surface area contributed by atoms with Gasteiger partial charge >= 0.3 is 0 Å². The Morgan fingerprint density at radius 1 is 1.40 bits per heavy atom. The molecule has 1 aliphatic rings. The molecule has 8 heteroatoms. The number of likely N-dealkylation sites (tertiary alicyclic amines) is 1. The number of alkyl halides is 1. The highest BCUT2D eigenvalue weighted by Crippen LogP contribution is 2.24. The Morgan fingerprint density at radius 3 is 2.92 bits per heavy atom. The molecule has 0 radical (unpaired) electrons. The van der Waals surface area contributed by atoms with Crippen molar-refractivity contribution in [2.75, 3.05) is 26.7 Å². The van der Waals surface area contributed by atoms with E-state index in [1.165, 1.54) is 0 Å². The van der Waals surface area contributed by atoms with Gasteiger partial charge in [-0.2, -0.15) is 4.98 Å². The monoisotopic (exact) mass is 367 g/mol. The summed E-state index contributed by atoms with van der Waals surface area (Å²) < 4.78 is 19.1. The number of hydrogen-bond acceptors (Lipinski definition) is 7. The third-order valence-electron chi connectivity index (χ3n) is 4.53. The highest BCUT2D eigenvalue weighted by Gasteiger charge is 2.32. The average Bonchev–Trinajstić information content (AvgIpc) is 3.22. The molecule has 1 saturated heterocycles. The van der Waals surface area contributed by atoms with Gasteiger partial charge in [-0.05, 0) is 40.3 Å². The lowest BCUT2D eigenvalue weighted by molar-refractivity contribution is 0.181. The van der Waals surface area contributed by atoms with Gasteiger partial charge in [-0.15, -0.1) is 11.3 Å². The van der Waals surface area contributed by atoms with E-state index in [1.807, 2.05) is 13.8 Å². The van der Waals surface area contributed by atoms with E-state index in [0.29, 0.717) is 24.7 Å². The van der Waals surface area contributed by atoms with Gasteiger partial charge in [-0.25, -0.2) is 9.37 Å². The van der Waals surface area contributed by atoms with Gasteiger partial charge in [-0.3, -0.25) is 4.90 Å². The van der Waals surface area contributed by atoms with Crippen molar-refractivity contribution in [1.29, 1.82) is 0 Å². The first-order chi connectivity index (χ1) is 12.0. The van der Waals surface area contributed by atoms with Gasteiger partial charge in [0.25, 0.3) is 0 Å². The minimum absolute atomic E-state index is 0.243. The van der Waals surface area contributed by atoms with Crippen molar-refractivity contribution in [2.24, 2.45) is 0 Å². The van der Waals surface area contributed by atoms with Gasteiger partial charge in [0.2, 0.25) is 5.89 Å². The maximum atomic E-state index is 14.0. The number of halogens is 1. The van der Waals surface area contributed by atoms with E-state index in [9.17, 15) is 4.39 Å². The zero-order valence-corrected chi connectivity index (χ0v) is 15.9. The standard InChI is InChI=1S/C17H26FN5OS/c1-12-19-17(24-21-12)5-4-6-22(3)10-16-7-14(18)8-23(16)9-15-11-25-13(2)20-15/h11,14,16H,4-10H2,1-3H3/t14-,16-/m0/s1. The summed E-state index contributed by atoms with van der Waals surface area (Å²) in [5.41, 5.74) is 1.05. The topological polar surface area (TPSA) is 58.3 Å². The van der Waals surface area contributed by atoms with E-state index >= 15 is 0 Å². The summed E-state index contributed by atoms with van der Waals surface area (Å²) in [6, 6.07) is 0.243. The molecule has 3 heterocycles. The van der Waals surface area contributed by atoms with Crippen LogP contribution in [0.2, 0.25) is 0 Å². The summed E-state index contributed by atoms with van der Waals surface area (Å²) in [7, 11) is 2.09. The van der Waals surface area contributed by atoms with Gasteiger partial charge in [0.05, 0.1) is 10.7 Å². The zero-order valence-electron chi connectivity index (χ0n) is 15.1. The Balaban J connectivity index is 1.45. The fourth-order valence-electron chi connectivity index (χ4n) is 3.39. The molecule has 0 saturated carbocycles. The Labute approximate surface area is 152 Å². The minimum atomic E-state index is -0.737. The molecule has 0 amide bonds. The molecule has 0 N–H and O–H groups in total. The molecule has 0 aromatic carbocycles. The van der Waals surface area contributed by atoms with Gasteiger partial charge in [-0.1, -0.05) is 5.16 Å². The van der Waals surface area contributed by atoms with E-state index in [-0.39, 0.29) is 6.04 Å². The summed E-state index contributed by atoms with van der Waals surface area (Å²) in [5.74, 6) is 1.37. The van der Waals surface area contributed by atoms with Crippen LogP contribution in [0, 0.1) is 13.8 Å². The first-order valence-electron chi connectivity index (χ1n) is 8.76. The van der Waals surface area contributed by atoms with Crippen LogP contribution < -0.4 is 0 Å². The van der Waals surface area contributed by atoms with Crippen LogP contribution in [0.3, 0.4) is 0 Å². The summed E-state index contributed by atoms with van der Waals surface area (Å²) in [5, 5.41) is 6.95. The number of aromatic nitrogens is 3. The maximum Gasteiger partial charge on any atom is 0.226 e. The van der Waals surface area contributed by atoms with Crippen molar-refractivity contribution in [2.45, 2.75) is 51.9 Å². The van der Waals surface area contributed by atoms with Gasteiger partial charge in [0.1, 0.15) is 6.17 Å². The molecule has 0 spiro atoms. The molecule has 1 fully saturated rings. The van der Waals surface area contributed by atoms with Crippen LogP contribution in [0.15, 0.2) is 9.90 Å². The fourth-order valence-corrected chi connectivity index (χ4v) is 3.99. The van der Waals surface area contributed by atoms with Crippen molar-refractivity contribution < 1.29 is 8.91 Å². The first kappa shape index (κ1) is 18.4. The van der Waals surface area contributed by atoms with Gasteiger partial charge in [0.15, 0.2) is 5.82 Å². The molecular formula is C17H26FN5OS. The molecule has 2 atom stereocenters. The van der Waals surface area contributed by atoms with E-state index in [0.717, 1.165) is 43.2 Å². The quantitative estimate of drug-likeness (QED) is 0.715. The second-order valence-electron chi connectivity index (χ2n) is 6.88. The molecule has 2 aromatic heterocycles. The third kappa shape index (κ3) is 5.29. The number of hydrogen-bond donors (Lipinski definition) is 0. The second kappa shape index (κ2) is 8.33. The summed E-state index contributed by atoms with van der Waals surface area (Å²) >= 11 is 1.65. The average molecular weight is 367 g/mol. The summed E-state index contributed by atoms with van der Waals surface area (Å²) in [6.07, 6.45) is 1.61. The lowest BCUT2D eigenvalue weighted by atomic mass is 10.2. The molecule has 1 aliphatic heterocycles. The summed E-state index contributed by atoms with van der Waals surface area (Å²) in [6.45, 7) is 6.88. The molecule has 0 aliphatic carbocycles. The Kier molecular flexibility index (Phi) is 6.14. The number of rotatable bonds is 8. The van der Waals surface area contributed by atoms with Crippen LogP contribution >= 0.6 is 11.3 Å². The number of nitrogens with zero attached hydrogens (tertiary/aromatic N) is 5. The van der Waals surface area contributed by atoms with Crippen LogP contribution in [-0.4, -0.2) is 63.8 Å². The molecule has 25 heavy (non-hydrogen) atoms. The predicted octanol–water partition coefficient (Wildman–Crippen LogP) is 2.62. The normalized spacial score (nSPS) is 21.5. The van der Waals surface area contributed by atoms with Crippen LogP contribution in [0.4, 0.5) is 4.39 Å². The largest absolute Gasteiger partial charge is 0.339 e. The number of thiazole rings is 1. The zero-order chi connectivity index (χ0) is 17.8. The third-order valence-corrected chi connectivity index (χ3v) is 5.35. The SMILES string of the molecule is Cc1noc(CCCN(C)C[C@@H]2C[C@H](F)CN2Cc2csc(C)n2)n1. The lowest BCUT2D eigenvalue weighted by Crippen LogP contribution is -2.39. The number of aryl methyl sites for hydroxylation is 3. The summed E-state index contributed by atoms with van der Waals surface area (Å²) in [4.78, 5) is 13.2. The molecular weight excluding hydrogens is 341 g/mol. The fraction of sp³-hybridized carbons (Fsp3) is 0.706.